The van der Waals surface area contributed by atoms with Crippen molar-refractivity contribution in [2.75, 3.05) is 26.2 Å². The van der Waals surface area contributed by atoms with Crippen molar-refractivity contribution in [1.29, 1.82) is 0 Å². The fraction of sp³-hybridized carbons (Fsp3) is 0.375. The number of thiazole rings is 1. The van der Waals surface area contributed by atoms with Gasteiger partial charge in [-0.15, -0.1) is 23.7 Å². The minimum atomic E-state index is -0.132. The number of carbonyl (C=O) groups excluding carboxylic acids is 1. The zero-order valence-electron chi connectivity index (χ0n) is 13.0. The van der Waals surface area contributed by atoms with Crippen LogP contribution in [0.25, 0.3) is 0 Å². The first-order valence-electron chi connectivity index (χ1n) is 7.48. The monoisotopic (exact) mass is 387 g/mol. The Morgan fingerprint density at radius 2 is 2.17 bits per heavy atom. The smallest absolute Gasteiger partial charge is 0.273 e. The highest BCUT2D eigenvalue weighted by Gasteiger charge is 2.27. The Bertz CT molecular complexity index is 678. The van der Waals surface area contributed by atoms with Crippen LogP contribution >= 0.6 is 35.3 Å². The highest BCUT2D eigenvalue weighted by Crippen LogP contribution is 2.25. The molecule has 1 aliphatic heterocycles. The Labute approximate surface area is 156 Å². The molecule has 2 heterocycles. The maximum Gasteiger partial charge on any atom is 0.273 e. The molecule has 2 N–H and O–H groups in total. The van der Waals surface area contributed by atoms with Gasteiger partial charge in [0.1, 0.15) is 11.8 Å². The van der Waals surface area contributed by atoms with Crippen LogP contribution in [0, 0.1) is 0 Å². The third-order valence-electron chi connectivity index (χ3n) is 3.72. The van der Waals surface area contributed by atoms with Gasteiger partial charge >= 0.3 is 0 Å². The fourth-order valence-electron chi connectivity index (χ4n) is 2.52. The molecule has 8 heteroatoms. The van der Waals surface area contributed by atoms with E-state index in [1.165, 1.54) is 11.3 Å². The second-order valence-corrected chi connectivity index (χ2v) is 6.71. The van der Waals surface area contributed by atoms with E-state index in [0.717, 1.165) is 10.6 Å². The lowest BCUT2D eigenvalue weighted by Gasteiger charge is -2.32. The largest absolute Gasteiger partial charge is 0.370 e. The standard InChI is InChI=1S/C16H18ClN3O2S.ClH/c17-12-3-1-11(2-4-12)14-9-20(7-8-22-14)16(21)13-10-23-15(19-13)5-6-18;/h1-4,10,14H,5-9,18H2;1H. The van der Waals surface area contributed by atoms with Crippen molar-refractivity contribution in [3.05, 3.63) is 50.9 Å². The molecule has 0 spiro atoms. The lowest BCUT2D eigenvalue weighted by atomic mass is 10.1. The van der Waals surface area contributed by atoms with E-state index in [0.29, 0.717) is 43.4 Å². The molecule has 0 saturated carbocycles. The molecule has 1 aromatic heterocycles. The molecule has 24 heavy (non-hydrogen) atoms. The predicted molar refractivity (Wildman–Crippen MR) is 98.2 cm³/mol. The molecule has 1 fully saturated rings. The van der Waals surface area contributed by atoms with Crippen LogP contribution in [0.5, 0.6) is 0 Å². The number of nitrogens with two attached hydrogens (primary N) is 1. The normalized spacial score (nSPS) is 17.4. The number of halogens is 2. The number of benzene rings is 1. The van der Waals surface area contributed by atoms with E-state index in [-0.39, 0.29) is 24.4 Å². The molecule has 1 saturated heterocycles. The van der Waals surface area contributed by atoms with Crippen LogP contribution < -0.4 is 5.73 Å². The van der Waals surface area contributed by atoms with E-state index in [9.17, 15) is 4.79 Å². The van der Waals surface area contributed by atoms with Crippen LogP contribution in [-0.2, 0) is 11.2 Å². The number of nitrogens with zero attached hydrogens (tertiary/aromatic N) is 2. The van der Waals surface area contributed by atoms with Gasteiger partial charge in [-0.05, 0) is 24.2 Å². The molecule has 1 amide bonds. The molecular formula is C16H19Cl2N3O2S. The van der Waals surface area contributed by atoms with E-state index < -0.39 is 0 Å². The topological polar surface area (TPSA) is 68.5 Å². The van der Waals surface area contributed by atoms with Gasteiger partial charge in [-0.3, -0.25) is 4.79 Å². The van der Waals surface area contributed by atoms with Crippen molar-refractivity contribution >= 4 is 41.3 Å². The summed E-state index contributed by atoms with van der Waals surface area (Å²) in [6, 6.07) is 7.54. The Morgan fingerprint density at radius 1 is 1.42 bits per heavy atom. The average molecular weight is 388 g/mol. The Hall–Kier alpha value is -1.18. The van der Waals surface area contributed by atoms with Crippen molar-refractivity contribution in [2.45, 2.75) is 12.5 Å². The van der Waals surface area contributed by atoms with Gasteiger partial charge in [0.15, 0.2) is 0 Å². The minimum Gasteiger partial charge on any atom is -0.370 e. The van der Waals surface area contributed by atoms with E-state index in [2.05, 4.69) is 4.98 Å². The zero-order chi connectivity index (χ0) is 16.2. The number of hydrogen-bond acceptors (Lipinski definition) is 5. The van der Waals surface area contributed by atoms with Crippen molar-refractivity contribution < 1.29 is 9.53 Å². The van der Waals surface area contributed by atoms with Gasteiger partial charge in [-0.2, -0.15) is 0 Å². The van der Waals surface area contributed by atoms with Crippen LogP contribution in [0.2, 0.25) is 5.02 Å². The summed E-state index contributed by atoms with van der Waals surface area (Å²) in [5, 5.41) is 3.39. The quantitative estimate of drug-likeness (QED) is 0.875. The number of morpholine rings is 1. The number of amides is 1. The Kier molecular flexibility index (Phi) is 7.01. The summed E-state index contributed by atoms with van der Waals surface area (Å²) in [6.45, 7) is 2.15. The maximum atomic E-state index is 12.6. The highest BCUT2D eigenvalue weighted by atomic mass is 35.5. The molecule has 3 rings (SSSR count). The lowest BCUT2D eigenvalue weighted by molar-refractivity contribution is -0.0229. The van der Waals surface area contributed by atoms with E-state index in [4.69, 9.17) is 22.1 Å². The molecule has 1 unspecified atom stereocenters. The van der Waals surface area contributed by atoms with Crippen molar-refractivity contribution in [3.8, 4) is 0 Å². The second kappa shape index (κ2) is 8.78. The Morgan fingerprint density at radius 3 is 2.88 bits per heavy atom. The summed E-state index contributed by atoms with van der Waals surface area (Å²) in [7, 11) is 0. The molecule has 1 aromatic carbocycles. The summed E-state index contributed by atoms with van der Waals surface area (Å²) in [5.41, 5.74) is 7.05. The van der Waals surface area contributed by atoms with E-state index >= 15 is 0 Å². The third kappa shape index (κ3) is 4.46. The van der Waals surface area contributed by atoms with Crippen molar-refractivity contribution in [2.24, 2.45) is 5.73 Å². The molecule has 1 aliphatic rings. The first-order valence-corrected chi connectivity index (χ1v) is 8.74. The zero-order valence-corrected chi connectivity index (χ0v) is 15.4. The SMILES string of the molecule is Cl.NCCc1nc(C(=O)N2CCOC(c3ccc(Cl)cc3)C2)cs1. The van der Waals surface area contributed by atoms with Crippen molar-refractivity contribution in [1.82, 2.24) is 9.88 Å². The molecule has 130 valence electrons. The third-order valence-corrected chi connectivity index (χ3v) is 4.89. The highest BCUT2D eigenvalue weighted by molar-refractivity contribution is 7.09. The lowest BCUT2D eigenvalue weighted by Crippen LogP contribution is -2.42. The number of ether oxygens (including phenoxy) is 1. The van der Waals surface area contributed by atoms with Gasteiger partial charge in [0.05, 0.1) is 18.2 Å². The number of carbonyl (C=O) groups is 1. The summed E-state index contributed by atoms with van der Waals surface area (Å²) >= 11 is 7.40. The summed E-state index contributed by atoms with van der Waals surface area (Å²) < 4.78 is 5.79. The van der Waals surface area contributed by atoms with Gasteiger partial charge in [0.25, 0.3) is 5.91 Å². The summed E-state index contributed by atoms with van der Waals surface area (Å²) in [5.74, 6) is -0.0493. The van der Waals surface area contributed by atoms with Gasteiger partial charge in [-0.25, -0.2) is 4.98 Å². The maximum absolute atomic E-state index is 12.6. The van der Waals surface area contributed by atoms with E-state index in [1.807, 2.05) is 24.3 Å². The number of rotatable bonds is 4. The second-order valence-electron chi connectivity index (χ2n) is 5.33. The molecular weight excluding hydrogens is 369 g/mol. The molecule has 0 bridgehead atoms. The van der Waals surface area contributed by atoms with E-state index in [1.54, 1.807) is 10.3 Å². The minimum absolute atomic E-state index is 0. The van der Waals surface area contributed by atoms with Crippen LogP contribution in [0.3, 0.4) is 0 Å². The fourth-order valence-corrected chi connectivity index (χ4v) is 3.44. The van der Waals surface area contributed by atoms with Crippen LogP contribution in [0.4, 0.5) is 0 Å². The first kappa shape index (κ1) is 19.1. The average Bonchev–Trinajstić information content (AvgIpc) is 3.04. The molecule has 5 nitrogen and oxygen atoms in total. The molecule has 0 radical (unpaired) electrons. The van der Waals surface area contributed by atoms with Gasteiger partial charge in [-0.1, -0.05) is 23.7 Å². The molecule has 2 aromatic rings. The summed E-state index contributed by atoms with van der Waals surface area (Å²) in [6.07, 6.45) is 0.571. The van der Waals surface area contributed by atoms with Crippen LogP contribution in [0.15, 0.2) is 29.6 Å². The molecule has 0 aliphatic carbocycles. The molecule has 1 atom stereocenters. The predicted octanol–water partition coefficient (Wildman–Crippen LogP) is 2.93. The number of aromatic nitrogens is 1. The first-order chi connectivity index (χ1) is 11.2. The van der Waals surface area contributed by atoms with Crippen molar-refractivity contribution in [3.63, 3.8) is 0 Å². The van der Waals surface area contributed by atoms with Crippen LogP contribution in [0.1, 0.15) is 27.2 Å². The summed E-state index contributed by atoms with van der Waals surface area (Å²) in [4.78, 5) is 18.8. The van der Waals surface area contributed by atoms with Gasteiger partial charge in [0.2, 0.25) is 0 Å². The van der Waals surface area contributed by atoms with Gasteiger partial charge < -0.3 is 15.4 Å². The van der Waals surface area contributed by atoms with Crippen LogP contribution in [-0.4, -0.2) is 42.0 Å². The van der Waals surface area contributed by atoms with Gasteiger partial charge in [0, 0.05) is 23.4 Å². The number of hydrogen-bond donors (Lipinski definition) is 1. The Balaban J connectivity index is 0.00000208.